The monoisotopic (exact) mass is 298 g/mol. The number of pyridine rings is 1. The zero-order valence-electron chi connectivity index (χ0n) is 11.5. The molecular formula is C16H15ClN4. The molecule has 0 saturated carbocycles. The first-order chi connectivity index (χ1) is 10.3. The van der Waals surface area contributed by atoms with Crippen LogP contribution in [0.15, 0.2) is 42.6 Å². The standard InChI is InChI=1S/C16H15ClN4/c17-12-5-1-4-11(10-12)15-20-13-6-2-9-19-16(13)21(15)14-7-3-8-18-14/h1-2,4-6,9-10,14,18H,3,7-8H2. The highest BCUT2D eigenvalue weighted by atomic mass is 35.5. The lowest BCUT2D eigenvalue weighted by molar-refractivity contribution is 0.483. The highest BCUT2D eigenvalue weighted by molar-refractivity contribution is 6.30. The Bertz CT molecular complexity index is 790. The fraction of sp³-hybridized carbons (Fsp3) is 0.250. The Kier molecular flexibility index (Phi) is 3.13. The van der Waals surface area contributed by atoms with Crippen LogP contribution < -0.4 is 5.32 Å². The minimum Gasteiger partial charge on any atom is -0.297 e. The zero-order valence-corrected chi connectivity index (χ0v) is 12.2. The van der Waals surface area contributed by atoms with Crippen molar-refractivity contribution < 1.29 is 0 Å². The lowest BCUT2D eigenvalue weighted by Gasteiger charge is -2.16. The largest absolute Gasteiger partial charge is 0.297 e. The highest BCUT2D eigenvalue weighted by Crippen LogP contribution is 2.30. The molecule has 2 aromatic heterocycles. The normalized spacial score (nSPS) is 18.4. The van der Waals surface area contributed by atoms with Crippen LogP contribution in [0.25, 0.3) is 22.6 Å². The van der Waals surface area contributed by atoms with Gasteiger partial charge in [0.25, 0.3) is 0 Å². The predicted molar refractivity (Wildman–Crippen MR) is 84.2 cm³/mol. The quantitative estimate of drug-likeness (QED) is 0.785. The third-order valence-corrected chi connectivity index (χ3v) is 4.11. The Morgan fingerprint density at radius 1 is 1.24 bits per heavy atom. The van der Waals surface area contributed by atoms with E-state index in [2.05, 4.69) is 14.9 Å². The molecule has 1 aliphatic heterocycles. The molecule has 5 heteroatoms. The van der Waals surface area contributed by atoms with E-state index in [1.807, 2.05) is 42.6 Å². The highest BCUT2D eigenvalue weighted by Gasteiger charge is 2.23. The summed E-state index contributed by atoms with van der Waals surface area (Å²) < 4.78 is 2.20. The van der Waals surface area contributed by atoms with Gasteiger partial charge in [0.05, 0.1) is 6.17 Å². The molecule has 106 valence electrons. The van der Waals surface area contributed by atoms with Gasteiger partial charge in [0.2, 0.25) is 0 Å². The number of hydrogen-bond acceptors (Lipinski definition) is 3. The maximum absolute atomic E-state index is 6.14. The lowest BCUT2D eigenvalue weighted by atomic mass is 10.2. The van der Waals surface area contributed by atoms with Crippen LogP contribution in [-0.4, -0.2) is 21.1 Å². The van der Waals surface area contributed by atoms with Gasteiger partial charge in [0, 0.05) is 16.8 Å². The van der Waals surface area contributed by atoms with Crippen molar-refractivity contribution in [2.75, 3.05) is 6.54 Å². The van der Waals surface area contributed by atoms with Crippen LogP contribution in [-0.2, 0) is 0 Å². The van der Waals surface area contributed by atoms with Crippen molar-refractivity contribution in [1.82, 2.24) is 19.9 Å². The minimum atomic E-state index is 0.249. The smallest absolute Gasteiger partial charge is 0.161 e. The van der Waals surface area contributed by atoms with Gasteiger partial charge in [-0.25, -0.2) is 9.97 Å². The minimum absolute atomic E-state index is 0.249. The first-order valence-electron chi connectivity index (χ1n) is 7.15. The molecule has 1 atom stereocenters. The maximum atomic E-state index is 6.14. The number of aromatic nitrogens is 3. The summed E-state index contributed by atoms with van der Waals surface area (Å²) in [6, 6.07) is 11.7. The third-order valence-electron chi connectivity index (χ3n) is 3.88. The van der Waals surface area contributed by atoms with E-state index in [9.17, 15) is 0 Å². The van der Waals surface area contributed by atoms with Gasteiger partial charge >= 0.3 is 0 Å². The summed E-state index contributed by atoms with van der Waals surface area (Å²) in [6.07, 6.45) is 4.33. The Morgan fingerprint density at radius 2 is 2.19 bits per heavy atom. The first kappa shape index (κ1) is 12.8. The van der Waals surface area contributed by atoms with Crippen LogP contribution in [0.5, 0.6) is 0 Å². The number of benzene rings is 1. The summed E-state index contributed by atoms with van der Waals surface area (Å²) in [6.45, 7) is 1.03. The number of halogens is 1. The third kappa shape index (κ3) is 2.20. The Morgan fingerprint density at radius 3 is 3.00 bits per heavy atom. The topological polar surface area (TPSA) is 42.7 Å². The molecule has 0 bridgehead atoms. The number of nitrogens with zero attached hydrogens (tertiary/aromatic N) is 3. The van der Waals surface area contributed by atoms with Crippen molar-refractivity contribution in [2.24, 2.45) is 0 Å². The second-order valence-corrected chi connectivity index (χ2v) is 5.71. The van der Waals surface area contributed by atoms with Crippen LogP contribution in [0.2, 0.25) is 5.02 Å². The number of rotatable bonds is 2. The summed E-state index contributed by atoms with van der Waals surface area (Å²) in [5, 5.41) is 4.25. The average molecular weight is 299 g/mol. The second-order valence-electron chi connectivity index (χ2n) is 5.27. The molecule has 21 heavy (non-hydrogen) atoms. The Hall–Kier alpha value is -1.91. The van der Waals surface area contributed by atoms with Crippen LogP contribution >= 0.6 is 11.6 Å². The maximum Gasteiger partial charge on any atom is 0.161 e. The average Bonchev–Trinajstić information content (AvgIpc) is 3.14. The number of nitrogens with one attached hydrogen (secondary N) is 1. The Balaban J connectivity index is 1.97. The van der Waals surface area contributed by atoms with E-state index < -0.39 is 0 Å². The lowest BCUT2D eigenvalue weighted by Crippen LogP contribution is -2.21. The van der Waals surface area contributed by atoms with Gasteiger partial charge in [0.15, 0.2) is 5.65 Å². The van der Waals surface area contributed by atoms with E-state index in [0.717, 1.165) is 40.5 Å². The van der Waals surface area contributed by atoms with Crippen molar-refractivity contribution in [3.63, 3.8) is 0 Å². The van der Waals surface area contributed by atoms with Crippen molar-refractivity contribution in [3.05, 3.63) is 47.6 Å². The summed E-state index contributed by atoms with van der Waals surface area (Å²) in [7, 11) is 0. The van der Waals surface area contributed by atoms with Crippen molar-refractivity contribution in [2.45, 2.75) is 19.0 Å². The van der Waals surface area contributed by atoms with E-state index >= 15 is 0 Å². The van der Waals surface area contributed by atoms with Gasteiger partial charge in [-0.2, -0.15) is 0 Å². The fourth-order valence-corrected chi connectivity index (χ4v) is 3.13. The van der Waals surface area contributed by atoms with Crippen LogP contribution in [0.1, 0.15) is 19.0 Å². The molecule has 1 unspecified atom stereocenters. The number of fused-ring (bicyclic) bond motifs is 1. The zero-order chi connectivity index (χ0) is 14.2. The van der Waals surface area contributed by atoms with E-state index in [-0.39, 0.29) is 6.17 Å². The van der Waals surface area contributed by atoms with Gasteiger partial charge in [-0.05, 0) is 43.7 Å². The van der Waals surface area contributed by atoms with Crippen LogP contribution in [0.4, 0.5) is 0 Å². The molecule has 0 radical (unpaired) electrons. The Labute approximate surface area is 127 Å². The molecule has 1 aliphatic rings. The molecule has 1 saturated heterocycles. The molecule has 0 aliphatic carbocycles. The molecule has 0 spiro atoms. The summed E-state index contributed by atoms with van der Waals surface area (Å²) in [5.74, 6) is 0.922. The summed E-state index contributed by atoms with van der Waals surface area (Å²) in [5.41, 5.74) is 2.86. The molecule has 4 nitrogen and oxygen atoms in total. The first-order valence-corrected chi connectivity index (χ1v) is 7.53. The molecule has 4 rings (SSSR count). The SMILES string of the molecule is Clc1cccc(-c2nc3cccnc3n2C2CCCN2)c1. The molecule has 3 aromatic rings. The molecule has 1 N–H and O–H groups in total. The summed E-state index contributed by atoms with van der Waals surface area (Å²) >= 11 is 6.14. The molecule has 1 aromatic carbocycles. The number of hydrogen-bond donors (Lipinski definition) is 1. The fourth-order valence-electron chi connectivity index (χ4n) is 2.94. The van der Waals surface area contributed by atoms with E-state index in [0.29, 0.717) is 0 Å². The van der Waals surface area contributed by atoms with Gasteiger partial charge in [0.1, 0.15) is 11.3 Å². The molecule has 1 fully saturated rings. The van der Waals surface area contributed by atoms with E-state index in [4.69, 9.17) is 16.6 Å². The second kappa shape index (κ2) is 5.13. The van der Waals surface area contributed by atoms with Gasteiger partial charge < -0.3 is 0 Å². The number of imidazole rings is 1. The van der Waals surface area contributed by atoms with Crippen molar-refractivity contribution >= 4 is 22.8 Å². The van der Waals surface area contributed by atoms with Gasteiger partial charge in [-0.3, -0.25) is 9.88 Å². The van der Waals surface area contributed by atoms with Crippen LogP contribution in [0, 0.1) is 0 Å². The predicted octanol–water partition coefficient (Wildman–Crippen LogP) is 3.63. The van der Waals surface area contributed by atoms with E-state index in [1.54, 1.807) is 0 Å². The van der Waals surface area contributed by atoms with Gasteiger partial charge in [-0.15, -0.1) is 0 Å². The van der Waals surface area contributed by atoms with Crippen LogP contribution in [0.3, 0.4) is 0 Å². The molecule has 0 amide bonds. The van der Waals surface area contributed by atoms with Crippen molar-refractivity contribution in [3.8, 4) is 11.4 Å². The van der Waals surface area contributed by atoms with Crippen molar-refractivity contribution in [1.29, 1.82) is 0 Å². The van der Waals surface area contributed by atoms with E-state index in [1.165, 1.54) is 6.42 Å². The summed E-state index contributed by atoms with van der Waals surface area (Å²) in [4.78, 5) is 9.29. The molecule has 3 heterocycles. The molecular weight excluding hydrogens is 284 g/mol. The van der Waals surface area contributed by atoms with Gasteiger partial charge in [-0.1, -0.05) is 23.7 Å².